The summed E-state index contributed by atoms with van der Waals surface area (Å²) < 4.78 is 32.9. The molecule has 0 bridgehead atoms. The molecule has 0 aliphatic rings. The van der Waals surface area contributed by atoms with Crippen LogP contribution in [-0.4, -0.2) is 18.6 Å². The van der Waals surface area contributed by atoms with Crippen LogP contribution < -0.4 is 4.72 Å². The van der Waals surface area contributed by atoms with Crippen LogP contribution in [0.25, 0.3) is 22.8 Å². The molecule has 0 atom stereocenters. The second-order valence-electron chi connectivity index (χ2n) is 6.61. The molecule has 8 heteroatoms. The summed E-state index contributed by atoms with van der Waals surface area (Å²) in [6, 6.07) is 22.2. The van der Waals surface area contributed by atoms with Gasteiger partial charge in [-0.1, -0.05) is 22.9 Å². The Hall–Kier alpha value is -3.96. The van der Waals surface area contributed by atoms with E-state index in [2.05, 4.69) is 20.9 Å². The molecule has 0 unspecified atom stereocenters. The second-order valence-corrected chi connectivity index (χ2v) is 8.29. The lowest BCUT2D eigenvalue weighted by Gasteiger charge is -2.08. The fraction of sp³-hybridized carbons (Fsp3) is 0.0455. The van der Waals surface area contributed by atoms with Crippen LogP contribution in [0.4, 0.5) is 5.69 Å². The molecule has 30 heavy (non-hydrogen) atoms. The largest absolute Gasteiger partial charge is 0.334 e. The zero-order valence-electron chi connectivity index (χ0n) is 15.9. The van der Waals surface area contributed by atoms with Crippen molar-refractivity contribution in [3.8, 4) is 28.9 Å². The SMILES string of the molecule is Cc1ccc(S(=O)(=O)Nc2ccc(-c3noc(-c4ccc(C#N)cc4)n3)cc2)cc1. The molecule has 0 aliphatic heterocycles. The van der Waals surface area contributed by atoms with Gasteiger partial charge in [0.05, 0.1) is 16.5 Å². The van der Waals surface area contributed by atoms with Crippen LogP contribution in [0.3, 0.4) is 0 Å². The number of sulfonamides is 1. The van der Waals surface area contributed by atoms with Crippen LogP contribution >= 0.6 is 0 Å². The third-order valence-corrected chi connectivity index (χ3v) is 5.81. The summed E-state index contributed by atoms with van der Waals surface area (Å²) >= 11 is 0. The molecule has 7 nitrogen and oxygen atoms in total. The van der Waals surface area contributed by atoms with Crippen molar-refractivity contribution in [1.29, 1.82) is 5.26 Å². The van der Waals surface area contributed by atoms with E-state index >= 15 is 0 Å². The van der Waals surface area contributed by atoms with Crippen LogP contribution in [0.15, 0.2) is 82.2 Å². The Balaban J connectivity index is 1.52. The first-order valence-corrected chi connectivity index (χ1v) is 10.5. The Morgan fingerprint density at radius 2 is 1.53 bits per heavy atom. The van der Waals surface area contributed by atoms with E-state index in [1.54, 1.807) is 72.8 Å². The Morgan fingerprint density at radius 1 is 0.900 bits per heavy atom. The zero-order valence-corrected chi connectivity index (χ0v) is 16.7. The summed E-state index contributed by atoms with van der Waals surface area (Å²) in [5.41, 5.74) is 3.34. The molecule has 0 radical (unpaired) electrons. The maximum Gasteiger partial charge on any atom is 0.261 e. The number of nitrogens with zero attached hydrogens (tertiary/aromatic N) is 3. The predicted molar refractivity (Wildman–Crippen MR) is 112 cm³/mol. The number of nitriles is 1. The minimum Gasteiger partial charge on any atom is -0.334 e. The minimum absolute atomic E-state index is 0.197. The quantitative estimate of drug-likeness (QED) is 0.517. The summed E-state index contributed by atoms with van der Waals surface area (Å²) in [5, 5.41) is 12.9. The van der Waals surface area contributed by atoms with Crippen molar-refractivity contribution >= 4 is 15.7 Å². The van der Waals surface area contributed by atoms with E-state index in [4.69, 9.17) is 9.78 Å². The predicted octanol–water partition coefficient (Wildman–Crippen LogP) is 4.38. The highest BCUT2D eigenvalue weighted by Gasteiger charge is 2.15. The maximum atomic E-state index is 12.5. The van der Waals surface area contributed by atoms with Crippen molar-refractivity contribution in [1.82, 2.24) is 10.1 Å². The molecular weight excluding hydrogens is 400 g/mol. The normalized spacial score (nSPS) is 11.1. The number of aryl methyl sites for hydroxylation is 1. The molecule has 0 spiro atoms. The number of aromatic nitrogens is 2. The Labute approximate surface area is 173 Å². The van der Waals surface area contributed by atoms with Crippen LogP contribution in [0, 0.1) is 18.3 Å². The van der Waals surface area contributed by atoms with Crippen molar-refractivity contribution in [2.75, 3.05) is 4.72 Å². The number of hydrogen-bond donors (Lipinski definition) is 1. The molecule has 0 fully saturated rings. The summed E-state index contributed by atoms with van der Waals surface area (Å²) in [4.78, 5) is 4.56. The summed E-state index contributed by atoms with van der Waals surface area (Å²) in [7, 11) is -3.67. The highest BCUT2D eigenvalue weighted by molar-refractivity contribution is 7.92. The molecule has 0 saturated heterocycles. The molecule has 1 heterocycles. The van der Waals surface area contributed by atoms with Gasteiger partial charge in [0, 0.05) is 16.8 Å². The van der Waals surface area contributed by atoms with Gasteiger partial charge in [0.2, 0.25) is 5.82 Å². The van der Waals surface area contributed by atoms with Gasteiger partial charge in [0.15, 0.2) is 0 Å². The molecule has 0 saturated carbocycles. The molecule has 4 aromatic rings. The first-order chi connectivity index (χ1) is 14.4. The van der Waals surface area contributed by atoms with E-state index in [9.17, 15) is 8.42 Å². The summed E-state index contributed by atoms with van der Waals surface area (Å²) in [6.45, 7) is 1.90. The number of nitrogens with one attached hydrogen (secondary N) is 1. The molecule has 148 valence electrons. The molecule has 1 N–H and O–H groups in total. The lowest BCUT2D eigenvalue weighted by atomic mass is 10.1. The molecule has 0 aliphatic carbocycles. The average Bonchev–Trinajstić information content (AvgIpc) is 3.25. The lowest BCUT2D eigenvalue weighted by Crippen LogP contribution is -2.12. The van der Waals surface area contributed by atoms with Gasteiger partial charge in [-0.3, -0.25) is 4.72 Å². The zero-order chi connectivity index (χ0) is 21.1. The van der Waals surface area contributed by atoms with Gasteiger partial charge < -0.3 is 4.52 Å². The van der Waals surface area contributed by atoms with Crippen LogP contribution in [-0.2, 0) is 10.0 Å². The van der Waals surface area contributed by atoms with Gasteiger partial charge in [-0.25, -0.2) is 8.42 Å². The first kappa shape index (κ1) is 19.4. The maximum absolute atomic E-state index is 12.5. The van der Waals surface area contributed by atoms with Crippen molar-refractivity contribution in [2.45, 2.75) is 11.8 Å². The van der Waals surface area contributed by atoms with Gasteiger partial charge in [-0.05, 0) is 67.6 Å². The standard InChI is InChI=1S/C22H16N4O3S/c1-15-2-12-20(13-3-15)30(27,28)26-19-10-8-17(9-11-19)21-24-22(29-25-21)18-6-4-16(14-23)5-7-18/h2-13,26H,1H3. The number of rotatable bonds is 5. The first-order valence-electron chi connectivity index (χ1n) is 8.99. The topological polar surface area (TPSA) is 109 Å². The monoisotopic (exact) mass is 416 g/mol. The van der Waals surface area contributed by atoms with Crippen molar-refractivity contribution in [3.63, 3.8) is 0 Å². The molecule has 1 aromatic heterocycles. The Bertz CT molecular complexity index is 1320. The highest BCUT2D eigenvalue weighted by Crippen LogP contribution is 2.24. The highest BCUT2D eigenvalue weighted by atomic mass is 32.2. The average molecular weight is 416 g/mol. The van der Waals surface area contributed by atoms with E-state index in [0.717, 1.165) is 5.56 Å². The van der Waals surface area contributed by atoms with Crippen LogP contribution in [0.2, 0.25) is 0 Å². The minimum atomic E-state index is -3.67. The van der Waals surface area contributed by atoms with Crippen molar-refractivity contribution in [2.24, 2.45) is 0 Å². The lowest BCUT2D eigenvalue weighted by molar-refractivity contribution is 0.432. The van der Waals surface area contributed by atoms with Crippen LogP contribution in [0.1, 0.15) is 11.1 Å². The van der Waals surface area contributed by atoms with Gasteiger partial charge in [0.25, 0.3) is 15.9 Å². The third-order valence-electron chi connectivity index (χ3n) is 4.41. The molecule has 0 amide bonds. The smallest absolute Gasteiger partial charge is 0.261 e. The van der Waals surface area contributed by atoms with E-state index in [-0.39, 0.29) is 4.90 Å². The van der Waals surface area contributed by atoms with Gasteiger partial charge >= 0.3 is 0 Å². The van der Waals surface area contributed by atoms with Gasteiger partial charge in [0.1, 0.15) is 0 Å². The molecule has 4 rings (SSSR count). The Kier molecular flexibility index (Phi) is 5.04. The number of hydrogen-bond acceptors (Lipinski definition) is 6. The number of anilines is 1. The number of benzene rings is 3. The fourth-order valence-electron chi connectivity index (χ4n) is 2.76. The summed E-state index contributed by atoms with van der Waals surface area (Å²) in [5.74, 6) is 0.709. The van der Waals surface area contributed by atoms with Crippen molar-refractivity contribution < 1.29 is 12.9 Å². The van der Waals surface area contributed by atoms with Crippen molar-refractivity contribution in [3.05, 3.63) is 83.9 Å². The van der Waals surface area contributed by atoms with E-state index in [1.165, 1.54) is 0 Å². The third kappa shape index (κ3) is 4.06. The molecular formula is C22H16N4O3S. The second kappa shape index (κ2) is 7.81. The van der Waals surface area contributed by atoms with E-state index < -0.39 is 10.0 Å². The van der Waals surface area contributed by atoms with E-state index in [0.29, 0.717) is 34.1 Å². The Morgan fingerprint density at radius 3 is 2.17 bits per heavy atom. The van der Waals surface area contributed by atoms with Gasteiger partial charge in [-0.15, -0.1) is 0 Å². The molecule has 3 aromatic carbocycles. The summed E-state index contributed by atoms with van der Waals surface area (Å²) in [6.07, 6.45) is 0. The van der Waals surface area contributed by atoms with Gasteiger partial charge in [-0.2, -0.15) is 10.2 Å². The van der Waals surface area contributed by atoms with E-state index in [1.807, 2.05) is 6.92 Å². The van der Waals surface area contributed by atoms with Crippen LogP contribution in [0.5, 0.6) is 0 Å². The fourth-order valence-corrected chi connectivity index (χ4v) is 3.82.